The molecule has 0 bridgehead atoms. The summed E-state index contributed by atoms with van der Waals surface area (Å²) in [5.41, 5.74) is 2.39. The van der Waals surface area contributed by atoms with E-state index in [0.29, 0.717) is 11.6 Å². The molecule has 1 amide bonds. The van der Waals surface area contributed by atoms with E-state index in [1.165, 1.54) is 27.7 Å². The molecule has 4 aromatic rings. The van der Waals surface area contributed by atoms with Crippen molar-refractivity contribution in [2.75, 3.05) is 5.32 Å². The molecule has 1 N–H and O–H groups in total. The molecule has 0 unspecified atom stereocenters. The van der Waals surface area contributed by atoms with Crippen LogP contribution in [0.5, 0.6) is 0 Å². The van der Waals surface area contributed by atoms with E-state index >= 15 is 0 Å². The van der Waals surface area contributed by atoms with Crippen LogP contribution in [0.25, 0.3) is 10.8 Å². The fourth-order valence-corrected chi connectivity index (χ4v) is 4.51. The summed E-state index contributed by atoms with van der Waals surface area (Å²) < 4.78 is 0. The van der Waals surface area contributed by atoms with Crippen LogP contribution in [0.3, 0.4) is 0 Å². The van der Waals surface area contributed by atoms with Crippen molar-refractivity contribution < 1.29 is 4.79 Å². The van der Waals surface area contributed by atoms with Gasteiger partial charge in [-0.1, -0.05) is 88.7 Å². The molecule has 3 aromatic carbocycles. The lowest BCUT2D eigenvalue weighted by Gasteiger charge is -2.09. The molecule has 0 aliphatic rings. The van der Waals surface area contributed by atoms with Crippen LogP contribution in [0, 0.1) is 0 Å². The second-order valence-corrected chi connectivity index (χ2v) is 8.81. The smallest absolute Gasteiger partial charge is 0.240 e. The number of benzene rings is 3. The summed E-state index contributed by atoms with van der Waals surface area (Å²) >= 11 is 5.01. The number of hydrogen-bond donors (Lipinski definition) is 1. The third kappa shape index (κ3) is 4.49. The van der Waals surface area contributed by atoms with E-state index in [1.807, 2.05) is 36.5 Å². The van der Waals surface area contributed by atoms with Gasteiger partial charge < -0.3 is 5.32 Å². The Morgan fingerprint density at radius 3 is 2.61 bits per heavy atom. The maximum Gasteiger partial charge on any atom is 0.240 e. The van der Waals surface area contributed by atoms with Gasteiger partial charge in [0.05, 0.1) is 4.83 Å². The Hall–Kier alpha value is -2.50. The largest absolute Gasteiger partial charge is 0.301 e. The van der Waals surface area contributed by atoms with Crippen LogP contribution < -0.4 is 5.32 Å². The lowest BCUT2D eigenvalue weighted by atomic mass is 10.0. The number of thiazole rings is 1. The Labute approximate surface area is 176 Å². The van der Waals surface area contributed by atoms with Gasteiger partial charge in [-0.25, -0.2) is 4.98 Å². The summed E-state index contributed by atoms with van der Waals surface area (Å²) in [6.45, 7) is 0. The number of nitrogens with zero attached hydrogens (tertiary/aromatic N) is 1. The molecule has 0 fully saturated rings. The maximum atomic E-state index is 12.5. The van der Waals surface area contributed by atoms with Gasteiger partial charge in [-0.15, -0.1) is 11.3 Å². The highest BCUT2D eigenvalue weighted by Gasteiger charge is 2.17. The van der Waals surface area contributed by atoms with Gasteiger partial charge in [-0.05, 0) is 28.3 Å². The Kier molecular flexibility index (Phi) is 5.84. The van der Waals surface area contributed by atoms with E-state index in [4.69, 9.17) is 0 Å². The normalized spacial score (nSPS) is 12.0. The highest BCUT2D eigenvalue weighted by atomic mass is 79.9. The number of amides is 1. The molecule has 0 aliphatic carbocycles. The van der Waals surface area contributed by atoms with Crippen molar-refractivity contribution in [3.8, 4) is 0 Å². The van der Waals surface area contributed by atoms with E-state index < -0.39 is 0 Å². The number of halogens is 1. The highest BCUT2D eigenvalue weighted by molar-refractivity contribution is 9.10. The number of carbonyl (C=O) groups excluding carboxylic acids is 1. The van der Waals surface area contributed by atoms with Gasteiger partial charge in [0.25, 0.3) is 0 Å². The van der Waals surface area contributed by atoms with Crippen molar-refractivity contribution in [1.82, 2.24) is 4.98 Å². The fraction of sp³-hybridized carbons (Fsp3) is 0.130. The van der Waals surface area contributed by atoms with Crippen LogP contribution in [0.2, 0.25) is 0 Å². The van der Waals surface area contributed by atoms with Gasteiger partial charge in [0.1, 0.15) is 0 Å². The van der Waals surface area contributed by atoms with Gasteiger partial charge in [0, 0.05) is 17.5 Å². The first-order valence-electron chi connectivity index (χ1n) is 9.09. The Balaban J connectivity index is 1.42. The molecule has 1 heterocycles. The van der Waals surface area contributed by atoms with Crippen LogP contribution in [-0.4, -0.2) is 15.7 Å². The molecular formula is C23H19BrN2OS. The molecule has 4 rings (SSSR count). The van der Waals surface area contributed by atoms with Crippen molar-refractivity contribution in [2.45, 2.75) is 17.7 Å². The minimum absolute atomic E-state index is 0.0742. The summed E-state index contributed by atoms with van der Waals surface area (Å²) in [6, 6.07) is 24.7. The molecule has 0 saturated carbocycles. The van der Waals surface area contributed by atoms with E-state index in [1.54, 1.807) is 0 Å². The molecule has 140 valence electrons. The minimum Gasteiger partial charge on any atom is -0.301 e. The highest BCUT2D eigenvalue weighted by Crippen LogP contribution is 2.26. The first-order valence-corrected chi connectivity index (χ1v) is 10.8. The molecule has 5 heteroatoms. The number of hydrogen-bond acceptors (Lipinski definition) is 3. The zero-order valence-corrected chi connectivity index (χ0v) is 17.5. The van der Waals surface area contributed by atoms with Gasteiger partial charge >= 0.3 is 0 Å². The molecule has 0 radical (unpaired) electrons. The summed E-state index contributed by atoms with van der Waals surface area (Å²) in [6.07, 6.45) is 3.29. The molecule has 3 nitrogen and oxygen atoms in total. The van der Waals surface area contributed by atoms with Crippen molar-refractivity contribution >= 4 is 49.1 Å². The van der Waals surface area contributed by atoms with Crippen LogP contribution in [-0.2, 0) is 17.6 Å². The molecule has 0 spiro atoms. The lowest BCUT2D eigenvalue weighted by molar-refractivity contribution is -0.115. The number of aromatic nitrogens is 1. The van der Waals surface area contributed by atoms with Crippen molar-refractivity contribution in [1.29, 1.82) is 0 Å². The number of fused-ring (bicyclic) bond motifs is 1. The van der Waals surface area contributed by atoms with Crippen LogP contribution in [0.4, 0.5) is 5.13 Å². The molecule has 1 aromatic heterocycles. The predicted octanol–water partition coefficient (Wildman–Crippen LogP) is 5.83. The Bertz CT molecular complexity index is 1090. The summed E-state index contributed by atoms with van der Waals surface area (Å²) in [5, 5.41) is 6.06. The van der Waals surface area contributed by atoms with E-state index in [-0.39, 0.29) is 10.7 Å². The van der Waals surface area contributed by atoms with Crippen molar-refractivity contribution in [2.24, 2.45) is 0 Å². The lowest BCUT2D eigenvalue weighted by Crippen LogP contribution is -2.24. The van der Waals surface area contributed by atoms with Crippen LogP contribution >= 0.6 is 27.3 Å². The van der Waals surface area contributed by atoms with Crippen LogP contribution in [0.15, 0.2) is 79.0 Å². The maximum absolute atomic E-state index is 12.5. The number of rotatable bonds is 6. The Morgan fingerprint density at radius 1 is 1.00 bits per heavy atom. The number of anilines is 1. The average Bonchev–Trinajstić information content (AvgIpc) is 3.16. The number of nitrogens with one attached hydrogen (secondary N) is 1. The SMILES string of the molecule is O=C(Nc1ncc(Cc2cccc3ccccc23)s1)[C@H](Br)Cc1ccccc1. The van der Waals surface area contributed by atoms with E-state index in [9.17, 15) is 4.79 Å². The Morgan fingerprint density at radius 2 is 1.75 bits per heavy atom. The van der Waals surface area contributed by atoms with Gasteiger partial charge in [0.2, 0.25) is 5.91 Å². The first-order chi connectivity index (χ1) is 13.7. The molecule has 28 heavy (non-hydrogen) atoms. The molecular weight excluding hydrogens is 432 g/mol. The fourth-order valence-electron chi connectivity index (χ4n) is 3.18. The monoisotopic (exact) mass is 450 g/mol. The number of alkyl halides is 1. The third-order valence-electron chi connectivity index (χ3n) is 4.57. The standard InChI is InChI=1S/C23H19BrN2OS/c24-21(13-16-7-2-1-3-8-16)22(27)26-23-25-15-19(28-23)14-18-11-6-10-17-9-4-5-12-20(17)18/h1-12,15,21H,13-14H2,(H,25,26,27)/t21-/m1/s1. The zero-order chi connectivity index (χ0) is 19.3. The molecule has 0 aliphatic heterocycles. The summed E-state index contributed by atoms with van der Waals surface area (Å²) in [7, 11) is 0. The minimum atomic E-state index is -0.291. The first kappa shape index (κ1) is 18.8. The zero-order valence-electron chi connectivity index (χ0n) is 15.1. The predicted molar refractivity (Wildman–Crippen MR) is 120 cm³/mol. The van der Waals surface area contributed by atoms with Gasteiger partial charge in [-0.3, -0.25) is 4.79 Å². The second kappa shape index (κ2) is 8.67. The second-order valence-electron chi connectivity index (χ2n) is 6.59. The summed E-state index contributed by atoms with van der Waals surface area (Å²) in [5.74, 6) is -0.0742. The summed E-state index contributed by atoms with van der Waals surface area (Å²) in [4.78, 5) is 17.7. The van der Waals surface area contributed by atoms with Crippen LogP contribution in [0.1, 0.15) is 16.0 Å². The van der Waals surface area contributed by atoms with Gasteiger partial charge in [-0.2, -0.15) is 0 Å². The molecule has 1 atom stereocenters. The molecule has 0 saturated heterocycles. The van der Waals surface area contributed by atoms with E-state index in [0.717, 1.165) is 16.9 Å². The third-order valence-corrected chi connectivity index (χ3v) is 6.22. The quantitative estimate of drug-likeness (QED) is 0.375. The number of carbonyl (C=O) groups is 1. The topological polar surface area (TPSA) is 42.0 Å². The average molecular weight is 451 g/mol. The van der Waals surface area contributed by atoms with Crippen molar-refractivity contribution in [3.63, 3.8) is 0 Å². The van der Waals surface area contributed by atoms with Crippen molar-refractivity contribution in [3.05, 3.63) is 95.0 Å². The van der Waals surface area contributed by atoms with Gasteiger partial charge in [0.15, 0.2) is 5.13 Å². The van der Waals surface area contributed by atoms with E-state index in [2.05, 4.69) is 68.7 Å².